The van der Waals surface area contributed by atoms with Crippen LogP contribution >= 0.6 is 0 Å². The van der Waals surface area contributed by atoms with Crippen LogP contribution in [0.4, 0.5) is 0 Å². The van der Waals surface area contributed by atoms with Crippen molar-refractivity contribution in [1.82, 2.24) is 4.57 Å². The van der Waals surface area contributed by atoms with Crippen molar-refractivity contribution >= 4 is 17.2 Å². The van der Waals surface area contributed by atoms with Crippen LogP contribution in [0.25, 0.3) is 10.9 Å². The van der Waals surface area contributed by atoms with Crippen molar-refractivity contribution in [2.75, 3.05) is 13.2 Å². The molecular formula is C15H19NO2. The van der Waals surface area contributed by atoms with Gasteiger partial charge in [0.05, 0.1) is 6.61 Å². The lowest BCUT2D eigenvalue weighted by Crippen LogP contribution is -2.05. The first kappa shape index (κ1) is 12.8. The molecule has 0 radical (unpaired) electrons. The first-order valence-corrected chi connectivity index (χ1v) is 6.47. The number of ether oxygens (including phenoxy) is 1. The zero-order chi connectivity index (χ0) is 12.8. The summed E-state index contributed by atoms with van der Waals surface area (Å²) in [5, 5.41) is 1.01. The van der Waals surface area contributed by atoms with Crippen LogP contribution in [0.5, 0.6) is 0 Å². The van der Waals surface area contributed by atoms with E-state index in [1.807, 2.05) is 30.5 Å². The second-order valence-corrected chi connectivity index (χ2v) is 4.37. The molecule has 1 aromatic carbocycles. The maximum absolute atomic E-state index is 10.9. The number of carbonyl (C=O) groups excluding carboxylic acids is 1. The number of fused-ring (bicyclic) bond motifs is 1. The second kappa shape index (κ2) is 6.36. The van der Waals surface area contributed by atoms with E-state index in [1.165, 1.54) is 0 Å². The molecule has 3 heteroatoms. The number of aldehydes is 1. The zero-order valence-corrected chi connectivity index (χ0v) is 10.8. The van der Waals surface area contributed by atoms with Crippen LogP contribution in [-0.2, 0) is 11.3 Å². The van der Waals surface area contributed by atoms with Crippen LogP contribution in [0.15, 0.2) is 30.5 Å². The Bertz CT molecular complexity index is 516. The van der Waals surface area contributed by atoms with E-state index in [4.69, 9.17) is 4.74 Å². The molecule has 0 saturated heterocycles. The Morgan fingerprint density at radius 2 is 2.17 bits per heavy atom. The van der Waals surface area contributed by atoms with Crippen molar-refractivity contribution in [2.45, 2.75) is 26.3 Å². The molecule has 0 unspecified atom stereocenters. The third-order valence-corrected chi connectivity index (χ3v) is 3.09. The molecule has 0 aliphatic heterocycles. The molecule has 0 amide bonds. The van der Waals surface area contributed by atoms with E-state index in [9.17, 15) is 4.79 Å². The van der Waals surface area contributed by atoms with E-state index in [0.29, 0.717) is 0 Å². The molecule has 0 atom stereocenters. The molecule has 0 aliphatic rings. The normalized spacial score (nSPS) is 10.9. The van der Waals surface area contributed by atoms with Crippen LogP contribution in [-0.4, -0.2) is 24.1 Å². The summed E-state index contributed by atoms with van der Waals surface area (Å²) in [6.45, 7) is 4.53. The number of benzene rings is 1. The third kappa shape index (κ3) is 2.79. The predicted molar refractivity (Wildman–Crippen MR) is 73.1 cm³/mol. The molecule has 0 aliphatic carbocycles. The molecule has 1 aromatic heterocycles. The summed E-state index contributed by atoms with van der Waals surface area (Å²) in [7, 11) is 0. The highest BCUT2D eigenvalue weighted by Gasteiger charge is 2.04. The van der Waals surface area contributed by atoms with Gasteiger partial charge in [0.1, 0.15) is 0 Å². The minimum absolute atomic E-state index is 0.717. The van der Waals surface area contributed by atoms with Gasteiger partial charge in [0, 0.05) is 35.8 Å². The maximum atomic E-state index is 10.9. The van der Waals surface area contributed by atoms with E-state index in [2.05, 4.69) is 11.5 Å². The fraction of sp³-hybridized carbons (Fsp3) is 0.400. The Kier molecular flexibility index (Phi) is 4.53. The average molecular weight is 245 g/mol. The molecule has 0 fully saturated rings. The highest BCUT2D eigenvalue weighted by atomic mass is 16.5. The number of aromatic nitrogens is 1. The Balaban J connectivity index is 2.03. The minimum atomic E-state index is 0.717. The molecule has 0 bridgehead atoms. The van der Waals surface area contributed by atoms with Gasteiger partial charge in [-0.25, -0.2) is 0 Å². The summed E-state index contributed by atoms with van der Waals surface area (Å²) >= 11 is 0. The standard InChI is InChI=1S/C15H19NO2/c1-2-3-10-18-11-9-16-8-7-14-13(12-17)5-4-6-15(14)16/h4-8,12H,2-3,9-11H2,1H3. The van der Waals surface area contributed by atoms with Crippen LogP contribution in [0.2, 0.25) is 0 Å². The molecular weight excluding hydrogens is 226 g/mol. The number of unbranched alkanes of at least 4 members (excludes halogenated alkanes) is 1. The van der Waals surface area contributed by atoms with Gasteiger partial charge in [0.2, 0.25) is 0 Å². The maximum Gasteiger partial charge on any atom is 0.150 e. The fourth-order valence-corrected chi connectivity index (χ4v) is 2.06. The number of hydrogen-bond donors (Lipinski definition) is 0. The summed E-state index contributed by atoms with van der Waals surface area (Å²) in [6.07, 6.45) is 5.20. The van der Waals surface area contributed by atoms with Crippen molar-refractivity contribution in [3.8, 4) is 0 Å². The highest BCUT2D eigenvalue weighted by Crippen LogP contribution is 2.18. The summed E-state index contributed by atoms with van der Waals surface area (Å²) in [5.74, 6) is 0. The van der Waals surface area contributed by atoms with Crippen molar-refractivity contribution in [3.05, 3.63) is 36.0 Å². The molecule has 3 nitrogen and oxygen atoms in total. The Morgan fingerprint density at radius 3 is 2.94 bits per heavy atom. The van der Waals surface area contributed by atoms with E-state index in [-0.39, 0.29) is 0 Å². The van der Waals surface area contributed by atoms with Crippen molar-refractivity contribution in [3.63, 3.8) is 0 Å². The van der Waals surface area contributed by atoms with E-state index in [1.54, 1.807) is 0 Å². The number of nitrogens with zero attached hydrogens (tertiary/aromatic N) is 1. The van der Waals surface area contributed by atoms with Crippen LogP contribution in [0, 0.1) is 0 Å². The largest absolute Gasteiger partial charge is 0.380 e. The average Bonchev–Trinajstić information content (AvgIpc) is 2.82. The van der Waals surface area contributed by atoms with Crippen molar-refractivity contribution in [2.24, 2.45) is 0 Å². The third-order valence-electron chi connectivity index (χ3n) is 3.09. The molecule has 0 saturated carbocycles. The van der Waals surface area contributed by atoms with Gasteiger partial charge in [-0.1, -0.05) is 25.5 Å². The molecule has 2 aromatic rings. The number of carbonyl (C=O) groups is 1. The number of rotatable bonds is 7. The molecule has 18 heavy (non-hydrogen) atoms. The van der Waals surface area contributed by atoms with Gasteiger partial charge < -0.3 is 9.30 Å². The SMILES string of the molecule is CCCCOCCn1ccc2c(C=O)cccc21. The quantitative estimate of drug-likeness (QED) is 0.553. The van der Waals surface area contributed by atoms with E-state index in [0.717, 1.165) is 55.4 Å². The molecule has 1 heterocycles. The van der Waals surface area contributed by atoms with Crippen molar-refractivity contribution < 1.29 is 9.53 Å². The summed E-state index contributed by atoms with van der Waals surface area (Å²) in [6, 6.07) is 7.79. The van der Waals surface area contributed by atoms with Crippen LogP contribution in [0.3, 0.4) is 0 Å². The van der Waals surface area contributed by atoms with Gasteiger partial charge in [-0.2, -0.15) is 0 Å². The van der Waals surface area contributed by atoms with Crippen LogP contribution in [0.1, 0.15) is 30.1 Å². The summed E-state index contributed by atoms with van der Waals surface area (Å²) in [4.78, 5) is 10.9. The van der Waals surface area contributed by atoms with Crippen LogP contribution < -0.4 is 0 Å². The smallest absolute Gasteiger partial charge is 0.150 e. The van der Waals surface area contributed by atoms with Gasteiger partial charge >= 0.3 is 0 Å². The molecule has 2 rings (SSSR count). The fourth-order valence-electron chi connectivity index (χ4n) is 2.06. The molecule has 96 valence electrons. The first-order chi connectivity index (χ1) is 8.86. The lowest BCUT2D eigenvalue weighted by molar-refractivity contribution is 0.112. The van der Waals surface area contributed by atoms with E-state index < -0.39 is 0 Å². The van der Waals surface area contributed by atoms with Gasteiger partial charge in [0.25, 0.3) is 0 Å². The summed E-state index contributed by atoms with van der Waals surface area (Å²) < 4.78 is 7.70. The van der Waals surface area contributed by atoms with Gasteiger partial charge in [-0.05, 0) is 18.6 Å². The van der Waals surface area contributed by atoms with Crippen molar-refractivity contribution in [1.29, 1.82) is 0 Å². The van der Waals surface area contributed by atoms with Gasteiger partial charge in [0.15, 0.2) is 6.29 Å². The predicted octanol–water partition coefficient (Wildman–Crippen LogP) is 3.27. The summed E-state index contributed by atoms with van der Waals surface area (Å²) in [5.41, 5.74) is 1.84. The number of hydrogen-bond acceptors (Lipinski definition) is 2. The van der Waals surface area contributed by atoms with Gasteiger partial charge in [-0.15, -0.1) is 0 Å². The Hall–Kier alpha value is -1.61. The minimum Gasteiger partial charge on any atom is -0.380 e. The Morgan fingerprint density at radius 1 is 1.28 bits per heavy atom. The highest BCUT2D eigenvalue weighted by molar-refractivity contribution is 5.97. The molecule has 0 spiro atoms. The first-order valence-electron chi connectivity index (χ1n) is 6.47. The molecule has 0 N–H and O–H groups in total. The zero-order valence-electron chi connectivity index (χ0n) is 10.8. The lowest BCUT2D eigenvalue weighted by atomic mass is 10.1. The Labute approximate surface area is 107 Å². The van der Waals surface area contributed by atoms with Gasteiger partial charge in [-0.3, -0.25) is 4.79 Å². The topological polar surface area (TPSA) is 31.2 Å². The van der Waals surface area contributed by atoms with E-state index >= 15 is 0 Å². The lowest BCUT2D eigenvalue weighted by Gasteiger charge is -2.06. The monoisotopic (exact) mass is 245 g/mol. The second-order valence-electron chi connectivity index (χ2n) is 4.37.